The van der Waals surface area contributed by atoms with Crippen LogP contribution in [-0.4, -0.2) is 15.9 Å². The Labute approximate surface area is 51.7 Å². The molecule has 0 spiro atoms. The van der Waals surface area contributed by atoms with Crippen LogP contribution in [0.5, 0.6) is 0 Å². The van der Waals surface area contributed by atoms with Crippen molar-refractivity contribution in [1.29, 1.82) is 0 Å². The summed E-state index contributed by atoms with van der Waals surface area (Å²) in [7, 11) is 0.818. The first-order valence-electron chi connectivity index (χ1n) is 2.10. The lowest BCUT2D eigenvalue weighted by Crippen LogP contribution is -1.96. The van der Waals surface area contributed by atoms with Crippen molar-refractivity contribution < 1.29 is 4.43 Å². The summed E-state index contributed by atoms with van der Waals surface area (Å²) in [5.74, 6) is 0. The van der Waals surface area contributed by atoms with E-state index in [4.69, 9.17) is 4.43 Å². The second-order valence-corrected chi connectivity index (χ2v) is 2.85. The van der Waals surface area contributed by atoms with E-state index in [1.165, 1.54) is 0 Å². The number of rotatable bonds is 3. The third kappa shape index (κ3) is 4.11. The zero-order valence-corrected chi connectivity index (χ0v) is 7.49. The van der Waals surface area contributed by atoms with Crippen LogP contribution in [0.25, 0.3) is 0 Å². The van der Waals surface area contributed by atoms with Gasteiger partial charge in [-0.2, -0.15) is 0 Å². The van der Waals surface area contributed by atoms with Gasteiger partial charge in [-0.1, -0.05) is 6.58 Å². The Balaban J connectivity index is 2.98. The van der Waals surface area contributed by atoms with E-state index in [0.717, 1.165) is 10.5 Å². The van der Waals surface area contributed by atoms with Crippen LogP contribution in [0, 0.1) is 0 Å². The smallest absolute Gasteiger partial charge is 0.147 e. The zero-order valence-electron chi connectivity index (χ0n) is 4.68. The average Bonchev–Trinajstić information content (AvgIpc) is 1.68. The molecule has 0 amide bonds. The van der Waals surface area contributed by atoms with Crippen LogP contribution in [0.15, 0.2) is 12.0 Å². The lowest BCUT2D eigenvalue weighted by molar-refractivity contribution is 0.340. The SMILES string of the molecule is C=CSC(C)O[SiH3]. The van der Waals surface area contributed by atoms with E-state index < -0.39 is 0 Å². The number of hydrogen-bond acceptors (Lipinski definition) is 2. The maximum absolute atomic E-state index is 5.02. The van der Waals surface area contributed by atoms with Gasteiger partial charge in [0.2, 0.25) is 0 Å². The highest BCUT2D eigenvalue weighted by atomic mass is 32.2. The first-order valence-corrected chi connectivity index (χ1v) is 3.86. The van der Waals surface area contributed by atoms with Gasteiger partial charge in [0.1, 0.15) is 10.5 Å². The van der Waals surface area contributed by atoms with Gasteiger partial charge in [-0.15, -0.1) is 11.8 Å². The van der Waals surface area contributed by atoms with Crippen molar-refractivity contribution >= 4 is 22.2 Å². The second-order valence-electron chi connectivity index (χ2n) is 1.11. The Bertz CT molecular complexity index is 57.7. The molecule has 0 N–H and O–H groups in total. The minimum absolute atomic E-state index is 0.309. The van der Waals surface area contributed by atoms with E-state index in [1.54, 1.807) is 17.2 Å². The van der Waals surface area contributed by atoms with Crippen molar-refractivity contribution in [2.75, 3.05) is 0 Å². The largest absolute Gasteiger partial charge is 0.416 e. The van der Waals surface area contributed by atoms with Gasteiger partial charge in [0, 0.05) is 0 Å². The predicted octanol–water partition coefficient (Wildman–Crippen LogP) is 0.506. The quantitative estimate of drug-likeness (QED) is 0.411. The molecule has 1 atom stereocenters. The fourth-order valence-corrected chi connectivity index (χ4v) is 0.907. The molecule has 0 aliphatic rings. The number of thioether (sulfide) groups is 1. The topological polar surface area (TPSA) is 9.23 Å². The maximum Gasteiger partial charge on any atom is 0.147 e. The minimum atomic E-state index is 0.309. The molecule has 0 bridgehead atoms. The van der Waals surface area contributed by atoms with Crippen molar-refractivity contribution in [2.24, 2.45) is 0 Å². The molecule has 0 aliphatic carbocycles. The van der Waals surface area contributed by atoms with Crippen molar-refractivity contribution in [2.45, 2.75) is 12.4 Å². The van der Waals surface area contributed by atoms with Gasteiger partial charge in [-0.3, -0.25) is 0 Å². The normalized spacial score (nSPS) is 13.9. The van der Waals surface area contributed by atoms with Gasteiger partial charge in [-0.25, -0.2) is 0 Å². The summed E-state index contributed by atoms with van der Waals surface area (Å²) in [6, 6.07) is 0. The van der Waals surface area contributed by atoms with Gasteiger partial charge >= 0.3 is 0 Å². The van der Waals surface area contributed by atoms with Crippen LogP contribution in [0.3, 0.4) is 0 Å². The molecule has 0 saturated carbocycles. The van der Waals surface area contributed by atoms with E-state index in [1.807, 2.05) is 6.92 Å². The van der Waals surface area contributed by atoms with E-state index >= 15 is 0 Å². The lowest BCUT2D eigenvalue weighted by Gasteiger charge is -2.02. The van der Waals surface area contributed by atoms with Gasteiger partial charge < -0.3 is 4.43 Å². The highest BCUT2D eigenvalue weighted by Crippen LogP contribution is 2.08. The monoisotopic (exact) mass is 134 g/mol. The Hall–Kier alpha value is 0.267. The van der Waals surface area contributed by atoms with Crippen molar-refractivity contribution in [3.05, 3.63) is 12.0 Å². The van der Waals surface area contributed by atoms with Gasteiger partial charge in [0.15, 0.2) is 0 Å². The molecule has 42 valence electrons. The van der Waals surface area contributed by atoms with Crippen LogP contribution in [0.4, 0.5) is 0 Å². The summed E-state index contributed by atoms with van der Waals surface area (Å²) in [5.41, 5.74) is 0.309. The fourth-order valence-electron chi connectivity index (χ4n) is 0.191. The summed E-state index contributed by atoms with van der Waals surface area (Å²) in [6.07, 6.45) is 0. The Morgan fingerprint density at radius 3 is 2.71 bits per heavy atom. The highest BCUT2D eigenvalue weighted by molar-refractivity contribution is 8.02. The molecule has 0 rings (SSSR count). The number of hydrogen-bond donors (Lipinski definition) is 0. The molecule has 0 radical (unpaired) electrons. The standard InChI is InChI=1S/C4H10OSSi/c1-3-6-4(2)5-7/h3-4H,1H2,2,7H3. The Morgan fingerprint density at radius 1 is 2.00 bits per heavy atom. The lowest BCUT2D eigenvalue weighted by atomic mass is 10.9. The first-order chi connectivity index (χ1) is 3.31. The molecule has 0 aromatic heterocycles. The average molecular weight is 134 g/mol. The Morgan fingerprint density at radius 2 is 2.57 bits per heavy atom. The fraction of sp³-hybridized carbons (Fsp3) is 0.500. The molecule has 0 aliphatic heterocycles. The van der Waals surface area contributed by atoms with Gasteiger partial charge in [0.05, 0.1) is 5.44 Å². The third-order valence-electron chi connectivity index (χ3n) is 0.620. The molecular formula is C4H10OSSi. The van der Waals surface area contributed by atoms with Crippen molar-refractivity contribution in [1.82, 2.24) is 0 Å². The summed E-state index contributed by atoms with van der Waals surface area (Å²) in [4.78, 5) is 0. The summed E-state index contributed by atoms with van der Waals surface area (Å²) < 4.78 is 5.02. The van der Waals surface area contributed by atoms with Crippen LogP contribution >= 0.6 is 11.8 Å². The Kier molecular flexibility index (Phi) is 4.60. The first kappa shape index (κ1) is 7.27. The molecule has 0 fully saturated rings. The predicted molar refractivity (Wildman–Crippen MR) is 38.3 cm³/mol. The third-order valence-corrected chi connectivity index (χ3v) is 2.44. The summed E-state index contributed by atoms with van der Waals surface area (Å²) >= 11 is 1.61. The molecule has 0 heterocycles. The van der Waals surface area contributed by atoms with Crippen LogP contribution in [-0.2, 0) is 4.43 Å². The molecule has 3 heteroatoms. The van der Waals surface area contributed by atoms with Crippen LogP contribution in [0.1, 0.15) is 6.92 Å². The molecular weight excluding hydrogens is 124 g/mol. The van der Waals surface area contributed by atoms with Crippen molar-refractivity contribution in [3.8, 4) is 0 Å². The molecule has 1 nitrogen and oxygen atoms in total. The van der Waals surface area contributed by atoms with Gasteiger partial charge in [0.25, 0.3) is 0 Å². The molecule has 7 heavy (non-hydrogen) atoms. The second kappa shape index (κ2) is 4.43. The zero-order chi connectivity index (χ0) is 5.70. The maximum atomic E-state index is 5.02. The molecule has 1 unspecified atom stereocenters. The summed E-state index contributed by atoms with van der Waals surface area (Å²) in [5, 5.41) is 1.79. The molecule has 0 aromatic rings. The highest BCUT2D eigenvalue weighted by Gasteiger charge is 1.90. The van der Waals surface area contributed by atoms with E-state index in [0.29, 0.717) is 5.44 Å². The molecule has 0 aromatic carbocycles. The van der Waals surface area contributed by atoms with Gasteiger partial charge in [-0.05, 0) is 12.3 Å². The van der Waals surface area contributed by atoms with E-state index in [-0.39, 0.29) is 0 Å². The van der Waals surface area contributed by atoms with E-state index in [2.05, 4.69) is 6.58 Å². The van der Waals surface area contributed by atoms with E-state index in [9.17, 15) is 0 Å². The van der Waals surface area contributed by atoms with Crippen molar-refractivity contribution in [3.63, 3.8) is 0 Å². The minimum Gasteiger partial charge on any atom is -0.416 e. The molecule has 0 saturated heterocycles. The summed E-state index contributed by atoms with van der Waals surface area (Å²) in [6.45, 7) is 5.56. The van der Waals surface area contributed by atoms with Crippen LogP contribution in [0.2, 0.25) is 0 Å². The van der Waals surface area contributed by atoms with Crippen LogP contribution < -0.4 is 0 Å².